The first kappa shape index (κ1) is 24.0. The smallest absolute Gasteiger partial charge is 0.245 e. The number of para-hydroxylation sites is 2. The van der Waals surface area contributed by atoms with Crippen molar-refractivity contribution >= 4 is 52.4 Å². The standard InChI is InChI=1S/C29H30N2O2S2/c1-2-25(34-22-14-10-13-21(19-22)30-28(32)20-11-4-3-5-12-20)29(33)31-23-15-6-8-17-26(23)35-27-18-9-7-16-24(27)31/h6-10,13-20,25H,2-5,11-12H2,1H3,(H,30,32). The van der Waals surface area contributed by atoms with Gasteiger partial charge in [0.25, 0.3) is 0 Å². The molecule has 1 unspecified atom stereocenters. The monoisotopic (exact) mass is 502 g/mol. The van der Waals surface area contributed by atoms with E-state index in [-0.39, 0.29) is 23.0 Å². The van der Waals surface area contributed by atoms with E-state index < -0.39 is 0 Å². The molecule has 180 valence electrons. The molecule has 2 aliphatic rings. The van der Waals surface area contributed by atoms with Crippen molar-refractivity contribution in [2.45, 2.75) is 65.4 Å². The normalized spacial score (nSPS) is 16.2. The van der Waals surface area contributed by atoms with Crippen LogP contribution < -0.4 is 10.2 Å². The molecule has 6 heteroatoms. The zero-order valence-electron chi connectivity index (χ0n) is 19.9. The number of fused-ring (bicyclic) bond motifs is 2. The third kappa shape index (κ3) is 5.29. The maximum atomic E-state index is 14.0. The van der Waals surface area contributed by atoms with Crippen LogP contribution in [0.15, 0.2) is 87.5 Å². The summed E-state index contributed by atoms with van der Waals surface area (Å²) >= 11 is 3.27. The molecule has 1 atom stereocenters. The summed E-state index contributed by atoms with van der Waals surface area (Å²) in [6.45, 7) is 2.06. The fourth-order valence-electron chi connectivity index (χ4n) is 4.81. The van der Waals surface area contributed by atoms with E-state index in [1.807, 2.05) is 65.6 Å². The second-order valence-corrected chi connectivity index (χ2v) is 11.4. The van der Waals surface area contributed by atoms with Gasteiger partial charge in [0, 0.05) is 26.3 Å². The molecule has 3 aromatic rings. The molecule has 3 aromatic carbocycles. The van der Waals surface area contributed by atoms with Crippen molar-refractivity contribution in [1.29, 1.82) is 0 Å². The van der Waals surface area contributed by atoms with Crippen LogP contribution in [0.2, 0.25) is 0 Å². The molecule has 0 saturated heterocycles. The minimum Gasteiger partial charge on any atom is -0.326 e. The van der Waals surface area contributed by atoms with Gasteiger partial charge in [0.15, 0.2) is 0 Å². The van der Waals surface area contributed by atoms with Crippen molar-refractivity contribution in [3.63, 3.8) is 0 Å². The molecule has 1 aliphatic carbocycles. The molecule has 5 rings (SSSR count). The fraction of sp³-hybridized carbons (Fsp3) is 0.310. The van der Waals surface area contributed by atoms with Crippen LogP contribution in [0.25, 0.3) is 0 Å². The molecule has 4 nitrogen and oxygen atoms in total. The minimum atomic E-state index is -0.247. The molecule has 2 amide bonds. The number of carbonyl (C=O) groups excluding carboxylic acids is 2. The van der Waals surface area contributed by atoms with E-state index in [1.165, 1.54) is 6.42 Å². The van der Waals surface area contributed by atoms with Gasteiger partial charge < -0.3 is 5.32 Å². The van der Waals surface area contributed by atoms with Gasteiger partial charge >= 0.3 is 0 Å². The van der Waals surface area contributed by atoms with Gasteiger partial charge in [-0.15, -0.1) is 11.8 Å². The van der Waals surface area contributed by atoms with Gasteiger partial charge in [-0.25, -0.2) is 0 Å². The molecule has 1 N–H and O–H groups in total. The fourth-order valence-corrected chi connectivity index (χ4v) is 6.93. The highest BCUT2D eigenvalue weighted by Gasteiger charge is 2.32. The lowest BCUT2D eigenvalue weighted by Crippen LogP contribution is -2.35. The number of amides is 2. The summed E-state index contributed by atoms with van der Waals surface area (Å²) < 4.78 is 0. The van der Waals surface area contributed by atoms with Crippen LogP contribution in [0, 0.1) is 5.92 Å². The van der Waals surface area contributed by atoms with Gasteiger partial charge in [0.1, 0.15) is 0 Å². The topological polar surface area (TPSA) is 49.4 Å². The molecule has 1 fully saturated rings. The Labute approximate surface area is 215 Å². The van der Waals surface area contributed by atoms with Crippen molar-refractivity contribution in [2.24, 2.45) is 5.92 Å². The van der Waals surface area contributed by atoms with Gasteiger partial charge in [0.05, 0.1) is 16.6 Å². The maximum Gasteiger partial charge on any atom is 0.245 e. The van der Waals surface area contributed by atoms with Crippen LogP contribution >= 0.6 is 23.5 Å². The molecule has 0 bridgehead atoms. The van der Waals surface area contributed by atoms with Gasteiger partial charge in [-0.1, -0.05) is 68.3 Å². The zero-order chi connectivity index (χ0) is 24.2. The summed E-state index contributed by atoms with van der Waals surface area (Å²) in [6.07, 6.45) is 6.15. The second kappa shape index (κ2) is 10.9. The predicted molar refractivity (Wildman–Crippen MR) is 146 cm³/mol. The number of anilines is 3. The minimum absolute atomic E-state index is 0.0781. The average molecular weight is 503 g/mol. The molecule has 0 radical (unpaired) electrons. The Morgan fingerprint density at radius 3 is 2.26 bits per heavy atom. The van der Waals surface area contributed by atoms with Crippen LogP contribution in [0.5, 0.6) is 0 Å². The molecule has 1 aliphatic heterocycles. The van der Waals surface area contributed by atoms with Crippen LogP contribution in [0.1, 0.15) is 45.4 Å². The first-order valence-corrected chi connectivity index (χ1v) is 14.1. The third-order valence-corrected chi connectivity index (χ3v) is 9.13. The largest absolute Gasteiger partial charge is 0.326 e. The Morgan fingerprint density at radius 1 is 0.943 bits per heavy atom. The number of hydrogen-bond acceptors (Lipinski definition) is 4. The molecule has 35 heavy (non-hydrogen) atoms. The third-order valence-electron chi connectivity index (χ3n) is 6.65. The number of carbonyl (C=O) groups is 2. The zero-order valence-corrected chi connectivity index (χ0v) is 21.5. The first-order chi connectivity index (χ1) is 17.1. The Bertz CT molecular complexity index is 1180. The van der Waals surface area contributed by atoms with Crippen molar-refractivity contribution < 1.29 is 9.59 Å². The Morgan fingerprint density at radius 2 is 1.60 bits per heavy atom. The van der Waals surface area contributed by atoms with E-state index in [0.717, 1.165) is 57.4 Å². The lowest BCUT2D eigenvalue weighted by Gasteiger charge is -2.33. The van der Waals surface area contributed by atoms with Crippen LogP contribution in [0.3, 0.4) is 0 Å². The van der Waals surface area contributed by atoms with Gasteiger partial charge in [-0.05, 0) is 61.7 Å². The predicted octanol–water partition coefficient (Wildman–Crippen LogP) is 7.91. The lowest BCUT2D eigenvalue weighted by molar-refractivity contribution is -0.120. The van der Waals surface area contributed by atoms with E-state index in [2.05, 4.69) is 24.4 Å². The highest BCUT2D eigenvalue weighted by molar-refractivity contribution is 8.00. The van der Waals surface area contributed by atoms with Gasteiger partial charge in [-0.3, -0.25) is 14.5 Å². The summed E-state index contributed by atoms with van der Waals surface area (Å²) in [5.41, 5.74) is 2.68. The van der Waals surface area contributed by atoms with Crippen LogP contribution in [0.4, 0.5) is 17.1 Å². The number of nitrogens with zero attached hydrogens (tertiary/aromatic N) is 1. The second-order valence-electron chi connectivity index (χ2n) is 9.08. The number of rotatable bonds is 6. The Hall–Kier alpha value is -2.70. The quantitative estimate of drug-likeness (QED) is 0.348. The molecular formula is C29H30N2O2S2. The van der Waals surface area contributed by atoms with Gasteiger partial charge in [-0.2, -0.15) is 0 Å². The SMILES string of the molecule is CCC(Sc1cccc(NC(=O)C2CCCCC2)c1)C(=O)N1c2ccccc2Sc2ccccc21. The molecule has 1 saturated carbocycles. The molecule has 0 aromatic heterocycles. The van der Waals surface area contributed by atoms with Crippen LogP contribution in [-0.2, 0) is 9.59 Å². The van der Waals surface area contributed by atoms with E-state index in [9.17, 15) is 9.59 Å². The molecular weight excluding hydrogens is 472 g/mol. The first-order valence-electron chi connectivity index (χ1n) is 12.4. The number of benzene rings is 3. The van der Waals surface area contributed by atoms with Crippen molar-refractivity contribution in [2.75, 3.05) is 10.2 Å². The van der Waals surface area contributed by atoms with Crippen molar-refractivity contribution in [3.05, 3.63) is 72.8 Å². The molecule has 1 heterocycles. The summed E-state index contributed by atoms with van der Waals surface area (Å²) in [5.74, 6) is 0.311. The number of nitrogens with one attached hydrogen (secondary N) is 1. The lowest BCUT2D eigenvalue weighted by atomic mass is 9.88. The average Bonchev–Trinajstić information content (AvgIpc) is 2.90. The van der Waals surface area contributed by atoms with Crippen molar-refractivity contribution in [3.8, 4) is 0 Å². The van der Waals surface area contributed by atoms with E-state index in [4.69, 9.17) is 0 Å². The summed E-state index contributed by atoms with van der Waals surface area (Å²) in [5, 5.41) is 2.86. The van der Waals surface area contributed by atoms with Gasteiger partial charge in [0.2, 0.25) is 11.8 Å². The highest BCUT2D eigenvalue weighted by atomic mass is 32.2. The maximum absolute atomic E-state index is 14.0. The number of thioether (sulfide) groups is 1. The summed E-state index contributed by atoms with van der Waals surface area (Å²) in [7, 11) is 0. The summed E-state index contributed by atoms with van der Waals surface area (Å²) in [4.78, 5) is 31.7. The highest BCUT2D eigenvalue weighted by Crippen LogP contribution is 2.48. The van der Waals surface area contributed by atoms with E-state index >= 15 is 0 Å². The van der Waals surface area contributed by atoms with Crippen LogP contribution in [-0.4, -0.2) is 17.1 Å². The number of hydrogen-bond donors (Lipinski definition) is 1. The van der Waals surface area contributed by atoms with Crippen molar-refractivity contribution in [1.82, 2.24) is 0 Å². The van der Waals surface area contributed by atoms with E-state index in [0.29, 0.717) is 6.42 Å². The Kier molecular flexibility index (Phi) is 7.49. The van der Waals surface area contributed by atoms with E-state index in [1.54, 1.807) is 23.5 Å². The Balaban J connectivity index is 1.35. The summed E-state index contributed by atoms with van der Waals surface area (Å²) in [6, 6.07) is 24.1. The molecule has 0 spiro atoms.